The average molecular weight is 250 g/mol. The lowest BCUT2D eigenvalue weighted by atomic mass is 9.99. The predicted molar refractivity (Wildman–Crippen MR) is 68.4 cm³/mol. The Morgan fingerprint density at radius 1 is 1.50 bits per heavy atom. The monoisotopic (exact) mass is 250 g/mol. The Morgan fingerprint density at radius 2 is 2.17 bits per heavy atom. The van der Waals surface area contributed by atoms with Crippen LogP contribution >= 0.6 is 0 Å². The maximum atomic E-state index is 12.8. The SMILES string of the molecule is C[C@H](N)C(=O)N1CCC(Cc2ccc(F)cc2)C1. The summed E-state index contributed by atoms with van der Waals surface area (Å²) in [5, 5.41) is 0. The van der Waals surface area contributed by atoms with Gasteiger partial charge in [0, 0.05) is 13.1 Å². The summed E-state index contributed by atoms with van der Waals surface area (Å²) in [7, 11) is 0. The third-order valence-electron chi connectivity index (χ3n) is 3.42. The highest BCUT2D eigenvalue weighted by Gasteiger charge is 2.27. The first kappa shape index (κ1) is 13.0. The molecular weight excluding hydrogens is 231 g/mol. The van der Waals surface area contributed by atoms with Crippen LogP contribution in [0.5, 0.6) is 0 Å². The molecule has 0 saturated carbocycles. The van der Waals surface area contributed by atoms with Gasteiger partial charge in [0.2, 0.25) is 5.91 Å². The van der Waals surface area contributed by atoms with Gasteiger partial charge in [-0.1, -0.05) is 12.1 Å². The smallest absolute Gasteiger partial charge is 0.239 e. The zero-order valence-electron chi connectivity index (χ0n) is 10.6. The molecule has 1 unspecified atom stereocenters. The van der Waals surface area contributed by atoms with Crippen molar-refractivity contribution in [2.45, 2.75) is 25.8 Å². The molecule has 4 heteroatoms. The number of carbonyl (C=O) groups is 1. The summed E-state index contributed by atoms with van der Waals surface area (Å²) in [4.78, 5) is 13.6. The first-order valence-electron chi connectivity index (χ1n) is 6.35. The number of likely N-dealkylation sites (tertiary alicyclic amines) is 1. The van der Waals surface area contributed by atoms with Gasteiger partial charge in [-0.2, -0.15) is 0 Å². The van der Waals surface area contributed by atoms with E-state index in [1.54, 1.807) is 6.92 Å². The molecule has 0 aromatic heterocycles. The fourth-order valence-electron chi connectivity index (χ4n) is 2.44. The maximum absolute atomic E-state index is 12.8. The van der Waals surface area contributed by atoms with Crippen molar-refractivity contribution in [1.82, 2.24) is 4.90 Å². The number of amides is 1. The minimum atomic E-state index is -0.422. The van der Waals surface area contributed by atoms with E-state index in [0.717, 1.165) is 31.5 Å². The zero-order valence-corrected chi connectivity index (χ0v) is 10.6. The van der Waals surface area contributed by atoms with Crippen molar-refractivity contribution < 1.29 is 9.18 Å². The van der Waals surface area contributed by atoms with Crippen LogP contribution in [0.15, 0.2) is 24.3 Å². The molecule has 0 radical (unpaired) electrons. The fraction of sp³-hybridized carbons (Fsp3) is 0.500. The molecule has 1 amide bonds. The van der Waals surface area contributed by atoms with Crippen LogP contribution in [0.4, 0.5) is 4.39 Å². The third kappa shape index (κ3) is 3.07. The molecule has 1 aliphatic rings. The number of rotatable bonds is 3. The van der Waals surface area contributed by atoms with Gasteiger partial charge in [0.05, 0.1) is 6.04 Å². The van der Waals surface area contributed by atoms with Crippen molar-refractivity contribution in [2.24, 2.45) is 11.7 Å². The number of nitrogens with two attached hydrogens (primary N) is 1. The quantitative estimate of drug-likeness (QED) is 0.885. The van der Waals surface area contributed by atoms with E-state index >= 15 is 0 Å². The van der Waals surface area contributed by atoms with E-state index < -0.39 is 6.04 Å². The van der Waals surface area contributed by atoms with Gasteiger partial charge >= 0.3 is 0 Å². The molecule has 3 nitrogen and oxygen atoms in total. The van der Waals surface area contributed by atoms with Gasteiger partial charge in [0.1, 0.15) is 5.82 Å². The van der Waals surface area contributed by atoms with Gasteiger partial charge in [0.15, 0.2) is 0 Å². The highest BCUT2D eigenvalue weighted by atomic mass is 19.1. The minimum absolute atomic E-state index is 0.0246. The van der Waals surface area contributed by atoms with Gasteiger partial charge in [-0.05, 0) is 43.4 Å². The highest BCUT2D eigenvalue weighted by Crippen LogP contribution is 2.21. The molecule has 1 heterocycles. The van der Waals surface area contributed by atoms with Crippen LogP contribution in [-0.2, 0) is 11.2 Å². The lowest BCUT2D eigenvalue weighted by molar-refractivity contribution is -0.131. The Kier molecular flexibility index (Phi) is 3.97. The van der Waals surface area contributed by atoms with E-state index in [1.807, 2.05) is 17.0 Å². The number of halogens is 1. The topological polar surface area (TPSA) is 46.3 Å². The molecule has 0 bridgehead atoms. The summed E-state index contributed by atoms with van der Waals surface area (Å²) in [5.74, 6) is 0.272. The van der Waals surface area contributed by atoms with E-state index in [0.29, 0.717) is 5.92 Å². The van der Waals surface area contributed by atoms with Crippen LogP contribution < -0.4 is 5.73 Å². The van der Waals surface area contributed by atoms with Gasteiger partial charge in [0.25, 0.3) is 0 Å². The lowest BCUT2D eigenvalue weighted by Gasteiger charge is -2.18. The second-order valence-electron chi connectivity index (χ2n) is 5.06. The normalized spacial score (nSPS) is 21.1. The van der Waals surface area contributed by atoms with Gasteiger partial charge < -0.3 is 10.6 Å². The van der Waals surface area contributed by atoms with Crippen molar-refractivity contribution in [2.75, 3.05) is 13.1 Å². The van der Waals surface area contributed by atoms with E-state index in [-0.39, 0.29) is 11.7 Å². The molecule has 1 aliphatic heterocycles. The Hall–Kier alpha value is -1.42. The van der Waals surface area contributed by atoms with E-state index in [2.05, 4.69) is 0 Å². The third-order valence-corrected chi connectivity index (χ3v) is 3.42. The summed E-state index contributed by atoms with van der Waals surface area (Å²) < 4.78 is 12.8. The molecule has 2 rings (SSSR count). The van der Waals surface area contributed by atoms with Crippen molar-refractivity contribution in [3.8, 4) is 0 Å². The lowest BCUT2D eigenvalue weighted by Crippen LogP contribution is -2.40. The van der Waals surface area contributed by atoms with E-state index in [4.69, 9.17) is 5.73 Å². The number of hydrogen-bond acceptors (Lipinski definition) is 2. The molecule has 18 heavy (non-hydrogen) atoms. The average Bonchev–Trinajstić information content (AvgIpc) is 2.79. The molecule has 1 fully saturated rings. The van der Waals surface area contributed by atoms with Gasteiger partial charge in [-0.15, -0.1) is 0 Å². The summed E-state index contributed by atoms with van der Waals surface area (Å²) in [6, 6.07) is 6.16. The molecule has 1 saturated heterocycles. The first-order valence-corrected chi connectivity index (χ1v) is 6.35. The Balaban J connectivity index is 1.90. The number of carbonyl (C=O) groups excluding carboxylic acids is 1. The van der Waals surface area contributed by atoms with Crippen molar-refractivity contribution in [3.05, 3.63) is 35.6 Å². The summed E-state index contributed by atoms with van der Waals surface area (Å²) in [6.45, 7) is 3.26. The second-order valence-corrected chi connectivity index (χ2v) is 5.06. The summed E-state index contributed by atoms with van der Waals surface area (Å²) >= 11 is 0. The van der Waals surface area contributed by atoms with Crippen LogP contribution in [0.25, 0.3) is 0 Å². The predicted octanol–water partition coefficient (Wildman–Crippen LogP) is 1.56. The molecule has 0 aliphatic carbocycles. The summed E-state index contributed by atoms with van der Waals surface area (Å²) in [6.07, 6.45) is 1.89. The largest absolute Gasteiger partial charge is 0.341 e. The number of hydrogen-bond donors (Lipinski definition) is 1. The molecule has 2 atom stereocenters. The molecule has 0 spiro atoms. The molecule has 1 aromatic carbocycles. The standard InChI is InChI=1S/C14H19FN2O/c1-10(16)14(18)17-7-6-12(9-17)8-11-2-4-13(15)5-3-11/h2-5,10,12H,6-9,16H2,1H3/t10-,12?/m0/s1. The van der Waals surface area contributed by atoms with Gasteiger partial charge in [-0.25, -0.2) is 4.39 Å². The molecule has 2 N–H and O–H groups in total. The van der Waals surface area contributed by atoms with Gasteiger partial charge in [-0.3, -0.25) is 4.79 Å². The van der Waals surface area contributed by atoms with Crippen LogP contribution in [0, 0.1) is 11.7 Å². The Labute approximate surface area is 107 Å². The van der Waals surface area contributed by atoms with Crippen LogP contribution in [0.3, 0.4) is 0 Å². The van der Waals surface area contributed by atoms with Crippen molar-refractivity contribution in [3.63, 3.8) is 0 Å². The Bertz CT molecular complexity index is 416. The Morgan fingerprint density at radius 3 is 2.78 bits per heavy atom. The minimum Gasteiger partial charge on any atom is -0.341 e. The number of benzene rings is 1. The van der Waals surface area contributed by atoms with Crippen LogP contribution in [0.2, 0.25) is 0 Å². The first-order chi connectivity index (χ1) is 8.56. The zero-order chi connectivity index (χ0) is 13.1. The van der Waals surface area contributed by atoms with E-state index in [9.17, 15) is 9.18 Å². The molecule has 1 aromatic rings. The van der Waals surface area contributed by atoms with Crippen LogP contribution in [-0.4, -0.2) is 29.9 Å². The van der Waals surface area contributed by atoms with Crippen molar-refractivity contribution in [1.29, 1.82) is 0 Å². The maximum Gasteiger partial charge on any atom is 0.239 e. The number of nitrogens with zero attached hydrogens (tertiary/aromatic N) is 1. The fourth-order valence-corrected chi connectivity index (χ4v) is 2.44. The second kappa shape index (κ2) is 5.48. The molecule has 98 valence electrons. The molecular formula is C14H19FN2O. The van der Waals surface area contributed by atoms with Crippen LogP contribution in [0.1, 0.15) is 18.9 Å². The van der Waals surface area contributed by atoms with Crippen molar-refractivity contribution >= 4 is 5.91 Å². The highest BCUT2D eigenvalue weighted by molar-refractivity contribution is 5.81. The summed E-state index contributed by atoms with van der Waals surface area (Å²) in [5.41, 5.74) is 6.72. The van der Waals surface area contributed by atoms with E-state index in [1.165, 1.54) is 12.1 Å².